The second-order valence-electron chi connectivity index (χ2n) is 9.02. The molecule has 0 unspecified atom stereocenters. The van der Waals surface area contributed by atoms with Crippen molar-refractivity contribution in [1.82, 2.24) is 29.5 Å². The average Bonchev–Trinajstić information content (AvgIpc) is 3.46. The van der Waals surface area contributed by atoms with Crippen molar-refractivity contribution in [3.63, 3.8) is 0 Å². The summed E-state index contributed by atoms with van der Waals surface area (Å²) in [4.78, 5) is 35.3. The third-order valence-corrected chi connectivity index (χ3v) is 6.78. The Kier molecular flexibility index (Phi) is 5.71. The van der Waals surface area contributed by atoms with Gasteiger partial charge in [-0.3, -0.25) is 4.79 Å². The Hall–Kier alpha value is -3.10. The number of carbonyl (C=O) groups is 1. The van der Waals surface area contributed by atoms with E-state index in [4.69, 9.17) is 0 Å². The first-order valence-corrected chi connectivity index (χ1v) is 11.4. The number of carbonyl (C=O) groups excluding carboxylic acids is 1. The van der Waals surface area contributed by atoms with E-state index in [1.54, 1.807) is 18.2 Å². The highest BCUT2D eigenvalue weighted by Crippen LogP contribution is 2.34. The zero-order chi connectivity index (χ0) is 22.1. The summed E-state index contributed by atoms with van der Waals surface area (Å²) in [6.07, 6.45) is 8.51. The van der Waals surface area contributed by atoms with Gasteiger partial charge in [-0.1, -0.05) is 18.9 Å². The van der Waals surface area contributed by atoms with Crippen LogP contribution in [0.2, 0.25) is 0 Å². The number of likely N-dealkylation sites (tertiary alicyclic amines) is 1. The molecule has 0 spiro atoms. The van der Waals surface area contributed by atoms with E-state index in [1.165, 1.54) is 10.6 Å². The number of H-pyrrole nitrogens is 1. The molecule has 2 aliphatic rings. The van der Waals surface area contributed by atoms with Crippen molar-refractivity contribution in [3.8, 4) is 11.5 Å². The van der Waals surface area contributed by atoms with Crippen LogP contribution in [-0.2, 0) is 11.2 Å². The summed E-state index contributed by atoms with van der Waals surface area (Å²) < 4.78 is 16.0. The first-order valence-electron chi connectivity index (χ1n) is 11.4. The number of hydrogen-bond acceptors (Lipinski definition) is 5. The number of aromatic amines is 1. The molecule has 1 aliphatic carbocycles. The Bertz CT molecular complexity index is 1180. The molecule has 8 nitrogen and oxygen atoms in total. The number of nitrogens with zero attached hydrogens (tertiary/aromatic N) is 5. The number of halogens is 1. The molecule has 2 atom stereocenters. The standard InChI is InChI=1S/C23H27FN6O2/c24-17-14-25-22(19-7-4-8-20-27-28-23(32)30(19)20)26-18(17)12-15-5-3-6-16(11-15)13-21(31)29-9-1-2-10-29/h4,7-8,14-16H,1-3,5-6,9-13H2,(H,28,32)/t15-,16+/m0/s1. The quantitative estimate of drug-likeness (QED) is 0.661. The van der Waals surface area contributed by atoms with Gasteiger partial charge in [-0.2, -0.15) is 5.10 Å². The van der Waals surface area contributed by atoms with Crippen LogP contribution >= 0.6 is 0 Å². The lowest BCUT2D eigenvalue weighted by molar-refractivity contribution is -0.131. The number of rotatable bonds is 5. The summed E-state index contributed by atoms with van der Waals surface area (Å²) >= 11 is 0. The monoisotopic (exact) mass is 438 g/mol. The minimum absolute atomic E-state index is 0.266. The van der Waals surface area contributed by atoms with Gasteiger partial charge in [-0.25, -0.2) is 28.7 Å². The summed E-state index contributed by atoms with van der Waals surface area (Å²) in [5, 5.41) is 6.38. The predicted molar refractivity (Wildman–Crippen MR) is 116 cm³/mol. The average molecular weight is 439 g/mol. The summed E-state index contributed by atoms with van der Waals surface area (Å²) in [6.45, 7) is 1.77. The maximum absolute atomic E-state index is 14.6. The summed E-state index contributed by atoms with van der Waals surface area (Å²) in [5.41, 5.74) is 0.905. The third kappa shape index (κ3) is 4.16. The van der Waals surface area contributed by atoms with Gasteiger partial charge in [-0.15, -0.1) is 0 Å². The molecule has 168 valence electrons. The minimum Gasteiger partial charge on any atom is -0.343 e. The van der Waals surface area contributed by atoms with Crippen LogP contribution < -0.4 is 5.69 Å². The molecule has 1 aliphatic heterocycles. The highest BCUT2D eigenvalue weighted by molar-refractivity contribution is 5.76. The van der Waals surface area contributed by atoms with Gasteiger partial charge in [0.25, 0.3) is 0 Å². The van der Waals surface area contributed by atoms with Gasteiger partial charge in [0.05, 0.1) is 17.6 Å². The zero-order valence-corrected chi connectivity index (χ0v) is 18.0. The minimum atomic E-state index is -0.435. The lowest BCUT2D eigenvalue weighted by Crippen LogP contribution is -2.31. The topological polar surface area (TPSA) is 96.2 Å². The van der Waals surface area contributed by atoms with Crippen molar-refractivity contribution < 1.29 is 9.18 Å². The molecule has 0 bridgehead atoms. The largest absolute Gasteiger partial charge is 0.348 e. The number of nitrogens with one attached hydrogen (secondary N) is 1. The van der Waals surface area contributed by atoms with Gasteiger partial charge >= 0.3 is 5.69 Å². The highest BCUT2D eigenvalue weighted by Gasteiger charge is 2.28. The molecule has 3 aromatic heterocycles. The van der Waals surface area contributed by atoms with E-state index in [9.17, 15) is 14.0 Å². The van der Waals surface area contributed by atoms with Gasteiger partial charge < -0.3 is 4.90 Å². The fourth-order valence-electron chi connectivity index (χ4n) is 5.19. The van der Waals surface area contributed by atoms with Crippen molar-refractivity contribution in [1.29, 1.82) is 0 Å². The number of pyridine rings is 1. The molecular formula is C23H27FN6O2. The van der Waals surface area contributed by atoms with E-state index in [0.29, 0.717) is 41.6 Å². The Morgan fingerprint density at radius 1 is 1.16 bits per heavy atom. The summed E-state index contributed by atoms with van der Waals surface area (Å²) in [6, 6.07) is 5.19. The molecule has 5 rings (SSSR count). The van der Waals surface area contributed by atoms with E-state index < -0.39 is 5.82 Å². The Morgan fingerprint density at radius 3 is 2.81 bits per heavy atom. The smallest absolute Gasteiger partial charge is 0.343 e. The molecule has 0 radical (unpaired) electrons. The third-order valence-electron chi connectivity index (χ3n) is 6.78. The van der Waals surface area contributed by atoms with E-state index in [2.05, 4.69) is 20.2 Å². The number of fused-ring (bicyclic) bond motifs is 1. The first-order chi connectivity index (χ1) is 15.6. The van der Waals surface area contributed by atoms with Crippen LogP contribution in [0.25, 0.3) is 17.2 Å². The van der Waals surface area contributed by atoms with E-state index in [1.807, 2.05) is 4.90 Å². The highest BCUT2D eigenvalue weighted by atomic mass is 19.1. The first kappa shape index (κ1) is 20.8. The van der Waals surface area contributed by atoms with Gasteiger partial charge in [0, 0.05) is 19.5 Å². The normalized spacial score (nSPS) is 21.3. The van der Waals surface area contributed by atoms with Crippen LogP contribution in [0.15, 0.2) is 29.2 Å². The van der Waals surface area contributed by atoms with E-state index >= 15 is 0 Å². The van der Waals surface area contributed by atoms with Crippen LogP contribution in [-0.4, -0.2) is 48.5 Å². The van der Waals surface area contributed by atoms with Crippen LogP contribution in [0, 0.1) is 17.7 Å². The second kappa shape index (κ2) is 8.80. The van der Waals surface area contributed by atoms with Crippen molar-refractivity contribution in [3.05, 3.63) is 46.4 Å². The Balaban J connectivity index is 1.32. The fourth-order valence-corrected chi connectivity index (χ4v) is 5.19. The van der Waals surface area contributed by atoms with Crippen LogP contribution in [0.4, 0.5) is 4.39 Å². The maximum Gasteiger partial charge on any atom is 0.348 e. The van der Waals surface area contributed by atoms with Crippen molar-refractivity contribution in [2.24, 2.45) is 11.8 Å². The van der Waals surface area contributed by atoms with Crippen molar-refractivity contribution in [2.75, 3.05) is 13.1 Å². The van der Waals surface area contributed by atoms with Crippen LogP contribution in [0.3, 0.4) is 0 Å². The molecule has 9 heteroatoms. The summed E-state index contributed by atoms with van der Waals surface area (Å²) in [5.74, 6) is 0.763. The molecular weight excluding hydrogens is 411 g/mol. The number of hydrogen-bond donors (Lipinski definition) is 1. The van der Waals surface area contributed by atoms with Crippen molar-refractivity contribution >= 4 is 11.6 Å². The Labute approximate surface area is 184 Å². The molecule has 2 fully saturated rings. The maximum atomic E-state index is 14.6. The molecule has 1 N–H and O–H groups in total. The van der Waals surface area contributed by atoms with E-state index in [-0.39, 0.29) is 17.5 Å². The fraction of sp³-hybridized carbons (Fsp3) is 0.522. The van der Waals surface area contributed by atoms with Gasteiger partial charge in [0.15, 0.2) is 17.3 Å². The molecule has 1 saturated heterocycles. The lowest BCUT2D eigenvalue weighted by atomic mass is 9.77. The molecule has 4 heterocycles. The van der Waals surface area contributed by atoms with Gasteiger partial charge in [0.1, 0.15) is 0 Å². The van der Waals surface area contributed by atoms with Crippen LogP contribution in [0.1, 0.15) is 50.6 Å². The second-order valence-corrected chi connectivity index (χ2v) is 9.02. The molecule has 1 amide bonds. The van der Waals surface area contributed by atoms with Gasteiger partial charge in [-0.05, 0) is 56.1 Å². The Morgan fingerprint density at radius 2 is 1.97 bits per heavy atom. The molecule has 0 aromatic carbocycles. The molecule has 32 heavy (non-hydrogen) atoms. The number of aromatic nitrogens is 5. The summed E-state index contributed by atoms with van der Waals surface area (Å²) in [7, 11) is 0. The van der Waals surface area contributed by atoms with Crippen molar-refractivity contribution in [2.45, 2.75) is 51.4 Å². The van der Waals surface area contributed by atoms with E-state index in [0.717, 1.165) is 51.6 Å². The predicted octanol–water partition coefficient (Wildman–Crippen LogP) is 2.98. The zero-order valence-electron chi connectivity index (χ0n) is 18.0. The SMILES string of the molecule is O=C(C[C@@H]1CCC[C@H](Cc2nc(-c3cccc4n[nH]c(=O)n34)ncc2F)C1)N1CCCC1. The molecule has 1 saturated carbocycles. The van der Waals surface area contributed by atoms with Gasteiger partial charge in [0.2, 0.25) is 5.91 Å². The van der Waals surface area contributed by atoms with Crippen LogP contribution in [0.5, 0.6) is 0 Å². The molecule has 3 aromatic rings. The number of amides is 1. The lowest BCUT2D eigenvalue weighted by Gasteiger charge is -2.30.